The Morgan fingerprint density at radius 2 is 1.89 bits per heavy atom. The maximum Gasteiger partial charge on any atom is 0.410 e. The van der Waals surface area contributed by atoms with Crippen molar-refractivity contribution in [2.75, 3.05) is 13.1 Å². The zero-order valence-corrected chi connectivity index (χ0v) is 19.0. The number of ether oxygens (including phenoxy) is 1. The number of nitro benzene ring substituents is 1. The van der Waals surface area contributed by atoms with Crippen molar-refractivity contribution in [1.29, 1.82) is 15.8 Å². The number of fused-ring (bicyclic) bond motifs is 1. The third kappa shape index (κ3) is 4.00. The summed E-state index contributed by atoms with van der Waals surface area (Å²) in [6, 6.07) is 20.7. The highest BCUT2D eigenvalue weighted by atomic mass is 16.6. The molecule has 0 spiro atoms. The zero-order chi connectivity index (χ0) is 25.9. The second-order valence-corrected chi connectivity index (χ2v) is 8.47. The molecule has 2 aliphatic rings. The van der Waals surface area contributed by atoms with E-state index in [0.717, 1.165) is 5.56 Å². The van der Waals surface area contributed by atoms with E-state index in [1.807, 2.05) is 48.5 Å². The van der Waals surface area contributed by atoms with Crippen molar-refractivity contribution in [3.63, 3.8) is 0 Å². The first-order valence-corrected chi connectivity index (χ1v) is 11.0. The first kappa shape index (κ1) is 24.0. The number of allylic oxidation sites excluding steroid dienone is 2. The van der Waals surface area contributed by atoms with Crippen LogP contribution in [0.4, 0.5) is 10.5 Å². The monoisotopic (exact) mass is 480 g/mol. The van der Waals surface area contributed by atoms with Crippen molar-refractivity contribution in [2.45, 2.75) is 12.5 Å². The smallest absolute Gasteiger partial charge is 0.410 e. The SMILES string of the molecule is N#CC1=C(N)C(C#N)(C#N)[C@H](c2cccc([N+](=O)[O-])c2)[C@@H]2CN(C(=O)OCc3ccccc3)CC=C12. The van der Waals surface area contributed by atoms with Crippen LogP contribution >= 0.6 is 0 Å². The molecule has 10 nitrogen and oxygen atoms in total. The van der Waals surface area contributed by atoms with Crippen LogP contribution in [0, 0.1) is 55.4 Å². The van der Waals surface area contributed by atoms with Crippen LogP contribution in [0.15, 0.2) is 77.5 Å². The number of hydrogen-bond acceptors (Lipinski definition) is 8. The number of amides is 1. The van der Waals surface area contributed by atoms with Crippen LogP contribution in [-0.2, 0) is 11.3 Å². The molecule has 0 unspecified atom stereocenters. The number of rotatable bonds is 4. The number of nitriles is 3. The van der Waals surface area contributed by atoms with Crippen LogP contribution in [0.1, 0.15) is 17.0 Å². The lowest BCUT2D eigenvalue weighted by Crippen LogP contribution is -2.49. The van der Waals surface area contributed by atoms with Gasteiger partial charge in [0, 0.05) is 37.1 Å². The highest BCUT2D eigenvalue weighted by Crippen LogP contribution is 2.54. The summed E-state index contributed by atoms with van der Waals surface area (Å²) in [7, 11) is 0. The molecule has 178 valence electrons. The Kier molecular flexibility index (Phi) is 6.41. The Bertz CT molecular complexity index is 1400. The van der Waals surface area contributed by atoms with Crippen molar-refractivity contribution in [3.05, 3.63) is 98.8 Å². The third-order valence-corrected chi connectivity index (χ3v) is 6.57. The predicted octanol–water partition coefficient (Wildman–Crippen LogP) is 3.66. The second kappa shape index (κ2) is 9.61. The van der Waals surface area contributed by atoms with Crippen molar-refractivity contribution in [2.24, 2.45) is 17.1 Å². The van der Waals surface area contributed by atoms with Crippen LogP contribution in [0.25, 0.3) is 0 Å². The van der Waals surface area contributed by atoms with Gasteiger partial charge in [-0.25, -0.2) is 4.79 Å². The zero-order valence-electron chi connectivity index (χ0n) is 19.0. The average molecular weight is 480 g/mol. The molecule has 1 aliphatic carbocycles. The minimum absolute atomic E-state index is 0.0158. The Labute approximate surface area is 206 Å². The van der Waals surface area contributed by atoms with E-state index < -0.39 is 28.3 Å². The lowest BCUT2D eigenvalue weighted by atomic mass is 9.58. The summed E-state index contributed by atoms with van der Waals surface area (Å²) in [5.74, 6) is -1.67. The highest BCUT2D eigenvalue weighted by Gasteiger charge is 2.55. The van der Waals surface area contributed by atoms with Crippen molar-refractivity contribution in [3.8, 4) is 18.2 Å². The second-order valence-electron chi connectivity index (χ2n) is 8.47. The molecule has 0 radical (unpaired) electrons. The summed E-state index contributed by atoms with van der Waals surface area (Å²) in [4.78, 5) is 25.2. The molecule has 1 aliphatic heterocycles. The van der Waals surface area contributed by atoms with Crippen LogP contribution in [0.2, 0.25) is 0 Å². The molecule has 0 fully saturated rings. The van der Waals surface area contributed by atoms with Crippen LogP contribution in [0.3, 0.4) is 0 Å². The number of benzene rings is 2. The summed E-state index contributed by atoms with van der Waals surface area (Å²) >= 11 is 0. The minimum Gasteiger partial charge on any atom is -0.445 e. The fourth-order valence-corrected chi connectivity index (χ4v) is 4.85. The van der Waals surface area contributed by atoms with Crippen LogP contribution < -0.4 is 5.73 Å². The Balaban J connectivity index is 1.76. The standard InChI is InChI=1S/C26H20N6O4/c27-12-21-20-9-10-31(25(33)36-14-17-5-2-1-3-6-17)13-22(20)23(26(15-28,16-29)24(21)30)18-7-4-8-19(11-18)32(34)35/h1-9,11,22-23H,10,13-14,30H2/t22-,23-/m1/s1. The molecule has 2 aromatic rings. The number of carbonyl (C=O) groups excluding carboxylic acids is 1. The maximum absolute atomic E-state index is 12.9. The number of nitrogens with zero attached hydrogens (tertiary/aromatic N) is 5. The van der Waals surface area contributed by atoms with Gasteiger partial charge < -0.3 is 15.4 Å². The molecular formula is C26H20N6O4. The molecule has 2 atom stereocenters. The molecule has 36 heavy (non-hydrogen) atoms. The maximum atomic E-state index is 12.9. The van der Waals surface area contributed by atoms with Gasteiger partial charge in [-0.15, -0.1) is 0 Å². The topological polar surface area (TPSA) is 170 Å². The molecule has 10 heteroatoms. The molecular weight excluding hydrogens is 460 g/mol. The van der Waals surface area contributed by atoms with Crippen LogP contribution in [0.5, 0.6) is 0 Å². The van der Waals surface area contributed by atoms with Gasteiger partial charge in [-0.2, -0.15) is 15.8 Å². The molecule has 0 saturated carbocycles. The van der Waals surface area contributed by atoms with Gasteiger partial charge in [0.1, 0.15) is 12.7 Å². The Hall–Kier alpha value is -5.14. The number of carbonyl (C=O) groups is 1. The fraction of sp³-hybridized carbons (Fsp3) is 0.231. The fourth-order valence-electron chi connectivity index (χ4n) is 4.85. The molecule has 4 rings (SSSR count). The van der Waals surface area contributed by atoms with E-state index in [1.165, 1.54) is 23.1 Å². The van der Waals surface area contributed by atoms with Gasteiger partial charge in [0.05, 0.1) is 28.3 Å². The molecule has 2 N–H and O–H groups in total. The first-order chi connectivity index (χ1) is 17.4. The normalized spacial score (nSPS) is 20.1. The summed E-state index contributed by atoms with van der Waals surface area (Å²) in [5, 5.41) is 41.6. The number of non-ortho nitro benzene ring substituents is 1. The third-order valence-electron chi connectivity index (χ3n) is 6.57. The van der Waals surface area contributed by atoms with E-state index in [4.69, 9.17) is 10.5 Å². The predicted molar refractivity (Wildman–Crippen MR) is 126 cm³/mol. The van der Waals surface area contributed by atoms with Gasteiger partial charge in [0.25, 0.3) is 5.69 Å². The van der Waals surface area contributed by atoms with Gasteiger partial charge >= 0.3 is 6.09 Å². The molecule has 1 heterocycles. The summed E-state index contributed by atoms with van der Waals surface area (Å²) in [5.41, 5.74) is 5.53. The van der Waals surface area contributed by atoms with Gasteiger partial charge in [-0.3, -0.25) is 10.1 Å². The van der Waals surface area contributed by atoms with Crippen molar-refractivity contribution in [1.82, 2.24) is 4.90 Å². The molecule has 1 amide bonds. The molecule has 2 aromatic carbocycles. The van der Waals surface area contributed by atoms with E-state index in [9.17, 15) is 30.7 Å². The largest absolute Gasteiger partial charge is 0.445 e. The summed E-state index contributed by atoms with van der Waals surface area (Å²) in [6.07, 6.45) is 1.05. The van der Waals surface area contributed by atoms with E-state index >= 15 is 0 Å². The van der Waals surface area contributed by atoms with E-state index in [0.29, 0.717) is 11.1 Å². The number of hydrogen-bond donors (Lipinski definition) is 1. The Morgan fingerprint density at radius 1 is 1.17 bits per heavy atom. The quantitative estimate of drug-likeness (QED) is 0.510. The first-order valence-electron chi connectivity index (χ1n) is 11.0. The van der Waals surface area contributed by atoms with Gasteiger partial charge in [0.2, 0.25) is 0 Å². The van der Waals surface area contributed by atoms with E-state index in [2.05, 4.69) is 0 Å². The average Bonchev–Trinajstić information content (AvgIpc) is 2.91. The molecule has 0 saturated heterocycles. The molecule has 0 aromatic heterocycles. The van der Waals surface area contributed by atoms with Gasteiger partial charge in [-0.05, 0) is 16.7 Å². The summed E-state index contributed by atoms with van der Waals surface area (Å²) < 4.78 is 5.45. The highest BCUT2D eigenvalue weighted by molar-refractivity contribution is 5.69. The summed E-state index contributed by atoms with van der Waals surface area (Å²) in [6.45, 7) is 0.213. The number of nitrogens with two attached hydrogens (primary N) is 1. The van der Waals surface area contributed by atoms with Gasteiger partial charge in [0.15, 0.2) is 5.41 Å². The van der Waals surface area contributed by atoms with Crippen molar-refractivity contribution >= 4 is 11.8 Å². The lowest BCUT2D eigenvalue weighted by Gasteiger charge is -2.45. The lowest BCUT2D eigenvalue weighted by molar-refractivity contribution is -0.384. The molecule has 0 bridgehead atoms. The van der Waals surface area contributed by atoms with Crippen molar-refractivity contribution < 1.29 is 14.5 Å². The number of nitro groups is 1. The Morgan fingerprint density at radius 3 is 2.53 bits per heavy atom. The van der Waals surface area contributed by atoms with E-state index in [-0.39, 0.29) is 36.7 Å². The van der Waals surface area contributed by atoms with Gasteiger partial charge in [-0.1, -0.05) is 48.5 Å². The minimum atomic E-state index is -1.97. The van der Waals surface area contributed by atoms with E-state index in [1.54, 1.807) is 12.1 Å². The van der Waals surface area contributed by atoms with Crippen LogP contribution in [-0.4, -0.2) is 29.0 Å².